The van der Waals surface area contributed by atoms with Crippen molar-refractivity contribution in [2.75, 3.05) is 5.32 Å². The van der Waals surface area contributed by atoms with Crippen LogP contribution in [0, 0.1) is 21.4 Å². The molecule has 8 heteroatoms. The standard InChI is InChI=1S/C17H20N4O4/c1-11(19-20-16(23)14-10-17(14)7-2-8-17)9-15(22)18-12-3-5-13(6-4-12)21(24)25/h3-6,14H,2,7-10H2,1H3,(H,18,22)(H,20,23)/b19-11-/t14-/m1/s1. The highest BCUT2D eigenvalue weighted by atomic mass is 16.6. The number of carbonyl (C=O) groups is 2. The first-order chi connectivity index (χ1) is 11.9. The lowest BCUT2D eigenvalue weighted by Crippen LogP contribution is -2.27. The first-order valence-corrected chi connectivity index (χ1v) is 8.27. The molecular weight excluding hydrogens is 324 g/mol. The Kier molecular flexibility index (Phi) is 4.52. The van der Waals surface area contributed by atoms with Crippen LogP contribution in [0.3, 0.4) is 0 Å². The Hall–Kier alpha value is -2.77. The fourth-order valence-electron chi connectivity index (χ4n) is 3.27. The molecule has 1 aromatic rings. The molecule has 2 N–H and O–H groups in total. The molecule has 2 fully saturated rings. The molecule has 2 aliphatic carbocycles. The van der Waals surface area contributed by atoms with Crippen molar-refractivity contribution in [1.29, 1.82) is 0 Å². The van der Waals surface area contributed by atoms with Gasteiger partial charge in [0.05, 0.1) is 11.3 Å². The van der Waals surface area contributed by atoms with Gasteiger partial charge in [-0.05, 0) is 43.7 Å². The summed E-state index contributed by atoms with van der Waals surface area (Å²) in [5, 5.41) is 17.2. The molecule has 0 aliphatic heterocycles. The van der Waals surface area contributed by atoms with E-state index in [1.54, 1.807) is 6.92 Å². The van der Waals surface area contributed by atoms with Crippen molar-refractivity contribution in [2.45, 2.75) is 39.0 Å². The molecule has 1 atom stereocenters. The first kappa shape index (κ1) is 17.1. The minimum absolute atomic E-state index is 0.0348. The Morgan fingerprint density at radius 3 is 2.52 bits per heavy atom. The van der Waals surface area contributed by atoms with E-state index in [1.165, 1.54) is 30.7 Å². The van der Waals surface area contributed by atoms with Crippen LogP contribution in [0.4, 0.5) is 11.4 Å². The number of benzene rings is 1. The van der Waals surface area contributed by atoms with Gasteiger partial charge in [0.15, 0.2) is 0 Å². The summed E-state index contributed by atoms with van der Waals surface area (Å²) in [4.78, 5) is 34.0. The topological polar surface area (TPSA) is 114 Å². The molecule has 8 nitrogen and oxygen atoms in total. The highest BCUT2D eigenvalue weighted by Gasteiger charge is 2.60. The van der Waals surface area contributed by atoms with E-state index in [9.17, 15) is 19.7 Å². The van der Waals surface area contributed by atoms with E-state index < -0.39 is 4.92 Å². The molecule has 0 unspecified atom stereocenters. The molecular formula is C17H20N4O4. The van der Waals surface area contributed by atoms with Gasteiger partial charge in [-0.25, -0.2) is 5.43 Å². The fourth-order valence-corrected chi connectivity index (χ4v) is 3.27. The van der Waals surface area contributed by atoms with E-state index in [2.05, 4.69) is 15.8 Å². The SMILES string of the molecule is C/C(CC(=O)Nc1ccc([N+](=O)[O-])cc1)=N/NC(=O)[C@H]1CC12CCC2. The minimum Gasteiger partial charge on any atom is -0.326 e. The number of nitro benzene ring substituents is 1. The molecule has 1 aromatic carbocycles. The lowest BCUT2D eigenvalue weighted by Gasteiger charge is -2.25. The van der Waals surface area contributed by atoms with Crippen molar-refractivity contribution in [2.24, 2.45) is 16.4 Å². The van der Waals surface area contributed by atoms with Gasteiger partial charge >= 0.3 is 0 Å². The van der Waals surface area contributed by atoms with Gasteiger partial charge in [0.1, 0.15) is 0 Å². The van der Waals surface area contributed by atoms with Crippen LogP contribution in [0.1, 0.15) is 39.0 Å². The van der Waals surface area contributed by atoms with E-state index in [0.717, 1.165) is 19.3 Å². The van der Waals surface area contributed by atoms with E-state index >= 15 is 0 Å². The summed E-state index contributed by atoms with van der Waals surface area (Å²) in [6, 6.07) is 5.58. The van der Waals surface area contributed by atoms with Crippen molar-refractivity contribution in [1.82, 2.24) is 5.43 Å². The van der Waals surface area contributed by atoms with Crippen molar-refractivity contribution in [3.63, 3.8) is 0 Å². The third-order valence-corrected chi connectivity index (χ3v) is 4.99. The number of amides is 2. The zero-order chi connectivity index (χ0) is 18.0. The number of carbonyl (C=O) groups excluding carboxylic acids is 2. The molecule has 1 spiro atoms. The summed E-state index contributed by atoms with van der Waals surface area (Å²) in [6.07, 6.45) is 4.45. The van der Waals surface area contributed by atoms with Crippen LogP contribution in [-0.4, -0.2) is 22.4 Å². The van der Waals surface area contributed by atoms with Gasteiger partial charge in [-0.2, -0.15) is 5.10 Å². The second-order valence-corrected chi connectivity index (χ2v) is 6.82. The van der Waals surface area contributed by atoms with Crippen LogP contribution in [0.25, 0.3) is 0 Å². The predicted molar refractivity (Wildman–Crippen MR) is 92.0 cm³/mol. The summed E-state index contributed by atoms with van der Waals surface area (Å²) in [5.41, 5.74) is 3.73. The largest absolute Gasteiger partial charge is 0.326 e. The Balaban J connectivity index is 1.45. The van der Waals surface area contributed by atoms with Gasteiger partial charge < -0.3 is 5.32 Å². The molecule has 0 aromatic heterocycles. The highest BCUT2D eigenvalue weighted by Crippen LogP contribution is 2.65. The van der Waals surface area contributed by atoms with Crippen LogP contribution >= 0.6 is 0 Å². The van der Waals surface area contributed by atoms with Gasteiger partial charge in [-0.15, -0.1) is 0 Å². The number of hydrazone groups is 1. The molecule has 2 saturated carbocycles. The Morgan fingerprint density at radius 2 is 2.00 bits per heavy atom. The average Bonchev–Trinajstić information content (AvgIpc) is 3.29. The van der Waals surface area contributed by atoms with Gasteiger partial charge in [-0.3, -0.25) is 19.7 Å². The number of rotatable bonds is 6. The van der Waals surface area contributed by atoms with Crippen molar-refractivity contribution in [3.8, 4) is 0 Å². The van der Waals surface area contributed by atoms with Crippen molar-refractivity contribution >= 4 is 28.9 Å². The normalized spacial score (nSPS) is 20.5. The Bertz CT molecular complexity index is 738. The number of non-ortho nitro benzene ring substituents is 1. The second kappa shape index (κ2) is 6.62. The predicted octanol–water partition coefficient (Wildman–Crippen LogP) is 2.61. The van der Waals surface area contributed by atoms with Crippen LogP contribution < -0.4 is 10.7 Å². The van der Waals surface area contributed by atoms with Gasteiger partial charge in [0.2, 0.25) is 11.8 Å². The van der Waals surface area contributed by atoms with E-state index in [4.69, 9.17) is 0 Å². The monoisotopic (exact) mass is 344 g/mol. The van der Waals surface area contributed by atoms with Crippen molar-refractivity contribution < 1.29 is 14.5 Å². The minimum atomic E-state index is -0.501. The van der Waals surface area contributed by atoms with Crippen LogP contribution in [0.15, 0.2) is 29.4 Å². The van der Waals surface area contributed by atoms with E-state index in [-0.39, 0.29) is 35.3 Å². The molecule has 25 heavy (non-hydrogen) atoms. The van der Waals surface area contributed by atoms with Crippen LogP contribution in [-0.2, 0) is 9.59 Å². The van der Waals surface area contributed by atoms with Gasteiger partial charge in [0, 0.05) is 29.4 Å². The highest BCUT2D eigenvalue weighted by molar-refractivity contribution is 6.05. The zero-order valence-corrected chi connectivity index (χ0v) is 13.9. The summed E-state index contributed by atoms with van der Waals surface area (Å²) in [7, 11) is 0. The molecule has 132 valence electrons. The maximum Gasteiger partial charge on any atom is 0.269 e. The summed E-state index contributed by atoms with van der Waals surface area (Å²) in [6.45, 7) is 1.67. The summed E-state index contributed by atoms with van der Waals surface area (Å²) < 4.78 is 0. The summed E-state index contributed by atoms with van der Waals surface area (Å²) in [5.74, 6) is -0.284. The third-order valence-electron chi connectivity index (χ3n) is 4.99. The number of hydrogen-bond donors (Lipinski definition) is 2. The number of nitrogens with one attached hydrogen (secondary N) is 2. The van der Waals surface area contributed by atoms with E-state index in [0.29, 0.717) is 11.4 Å². The molecule has 2 amide bonds. The third kappa shape index (κ3) is 3.84. The fraction of sp³-hybridized carbons (Fsp3) is 0.471. The maximum absolute atomic E-state index is 12.0. The molecule has 0 radical (unpaired) electrons. The van der Waals surface area contributed by atoms with Crippen LogP contribution in [0.5, 0.6) is 0 Å². The maximum atomic E-state index is 12.0. The number of hydrogen-bond acceptors (Lipinski definition) is 5. The number of nitro groups is 1. The average molecular weight is 344 g/mol. The molecule has 2 aliphatic rings. The van der Waals surface area contributed by atoms with Crippen LogP contribution in [0.2, 0.25) is 0 Å². The quantitative estimate of drug-likeness (QED) is 0.469. The lowest BCUT2D eigenvalue weighted by molar-refractivity contribution is -0.384. The van der Waals surface area contributed by atoms with Crippen molar-refractivity contribution in [3.05, 3.63) is 34.4 Å². The summed E-state index contributed by atoms with van der Waals surface area (Å²) >= 11 is 0. The Labute approximate surface area is 144 Å². The zero-order valence-electron chi connectivity index (χ0n) is 13.9. The molecule has 0 heterocycles. The number of anilines is 1. The van der Waals surface area contributed by atoms with Gasteiger partial charge in [0.25, 0.3) is 5.69 Å². The van der Waals surface area contributed by atoms with Gasteiger partial charge in [-0.1, -0.05) is 6.42 Å². The number of nitrogens with zero attached hydrogens (tertiary/aromatic N) is 2. The lowest BCUT2D eigenvalue weighted by atomic mass is 9.80. The first-order valence-electron chi connectivity index (χ1n) is 8.27. The molecule has 0 bridgehead atoms. The van der Waals surface area contributed by atoms with E-state index in [1.807, 2.05) is 0 Å². The Morgan fingerprint density at radius 1 is 1.32 bits per heavy atom. The molecule has 3 rings (SSSR count). The molecule has 0 saturated heterocycles. The second-order valence-electron chi connectivity index (χ2n) is 6.82. The smallest absolute Gasteiger partial charge is 0.269 e.